The van der Waals surface area contributed by atoms with E-state index in [9.17, 15) is 0 Å². The Bertz CT molecular complexity index is 469. The Morgan fingerprint density at radius 1 is 1.06 bits per heavy atom. The highest BCUT2D eigenvalue weighted by Crippen LogP contribution is 2.39. The van der Waals surface area contributed by atoms with Crippen molar-refractivity contribution in [3.63, 3.8) is 0 Å². The Morgan fingerprint density at radius 3 is 2.31 bits per heavy atom. The lowest BCUT2D eigenvalue weighted by molar-refractivity contribution is -0.0379. The number of aromatic nitrogens is 1. The van der Waals surface area contributed by atoms with Crippen LogP contribution in [0.2, 0.25) is 0 Å². The van der Waals surface area contributed by atoms with Crippen LogP contribution in [-0.2, 0) is 10.2 Å². The van der Waals surface area contributed by atoms with Crippen LogP contribution in [0.25, 0.3) is 0 Å². The van der Waals surface area contributed by atoms with Crippen LogP contribution in [0.3, 0.4) is 0 Å². The summed E-state index contributed by atoms with van der Waals surface area (Å²) in [6.45, 7) is 1.49. The highest BCUT2D eigenvalue weighted by atomic mass is 16.5. The molecule has 0 atom stereocenters. The van der Waals surface area contributed by atoms with E-state index in [1.54, 1.807) is 0 Å². The van der Waals surface area contributed by atoms with Crippen molar-refractivity contribution in [3.05, 3.63) is 53.9 Å². The van der Waals surface area contributed by atoms with Crippen LogP contribution in [0.15, 0.2) is 42.7 Å². The van der Waals surface area contributed by atoms with Crippen LogP contribution < -0.4 is 5.73 Å². The number of nitrogens with one attached hydrogen (secondary N) is 1. The van der Waals surface area contributed by atoms with Gasteiger partial charge in [-0.15, -0.1) is 0 Å². The van der Waals surface area contributed by atoms with E-state index in [1.165, 1.54) is 11.1 Å². The number of aromatic amines is 1. The van der Waals surface area contributed by atoms with Crippen molar-refractivity contribution in [3.8, 4) is 0 Å². The second-order valence-electron chi connectivity index (χ2n) is 4.30. The molecule has 1 aliphatic rings. The van der Waals surface area contributed by atoms with E-state index in [0.717, 1.165) is 18.9 Å². The van der Waals surface area contributed by atoms with Crippen molar-refractivity contribution >= 4 is 5.69 Å². The van der Waals surface area contributed by atoms with Crippen molar-refractivity contribution < 1.29 is 4.74 Å². The van der Waals surface area contributed by atoms with Crippen molar-refractivity contribution in [1.82, 2.24) is 4.98 Å². The Hall–Kier alpha value is -1.74. The van der Waals surface area contributed by atoms with Gasteiger partial charge in [-0.2, -0.15) is 0 Å². The van der Waals surface area contributed by atoms with Gasteiger partial charge in [-0.05, 0) is 29.3 Å². The first-order valence-corrected chi connectivity index (χ1v) is 5.38. The molecule has 3 N–H and O–H groups in total. The number of hydrogen-bond acceptors (Lipinski definition) is 2. The molecule has 1 aliphatic heterocycles. The van der Waals surface area contributed by atoms with Crippen LogP contribution in [0, 0.1) is 0 Å². The van der Waals surface area contributed by atoms with Gasteiger partial charge in [0.2, 0.25) is 0 Å². The molecule has 3 nitrogen and oxygen atoms in total. The first-order valence-electron chi connectivity index (χ1n) is 5.38. The smallest absolute Gasteiger partial charge is 0.0684 e. The maximum atomic E-state index is 5.71. The third-order valence-corrected chi connectivity index (χ3v) is 3.31. The van der Waals surface area contributed by atoms with Crippen LogP contribution in [0.5, 0.6) is 0 Å². The number of H-pyrrole nitrogens is 1. The van der Waals surface area contributed by atoms with Gasteiger partial charge in [0.1, 0.15) is 0 Å². The van der Waals surface area contributed by atoms with E-state index in [-0.39, 0.29) is 5.41 Å². The monoisotopic (exact) mass is 214 g/mol. The molecule has 0 unspecified atom stereocenters. The van der Waals surface area contributed by atoms with Gasteiger partial charge in [-0.25, -0.2) is 0 Å². The van der Waals surface area contributed by atoms with Gasteiger partial charge in [0, 0.05) is 18.1 Å². The molecule has 3 rings (SSSR count). The van der Waals surface area contributed by atoms with Gasteiger partial charge in [-0.3, -0.25) is 0 Å². The predicted molar refractivity (Wildman–Crippen MR) is 63.2 cm³/mol. The molecule has 0 bridgehead atoms. The van der Waals surface area contributed by atoms with Crippen LogP contribution in [0.4, 0.5) is 5.69 Å². The number of ether oxygens (including phenoxy) is 1. The van der Waals surface area contributed by atoms with Crippen LogP contribution >= 0.6 is 0 Å². The maximum Gasteiger partial charge on any atom is 0.0684 e. The summed E-state index contributed by atoms with van der Waals surface area (Å²) in [5, 5.41) is 0. The fourth-order valence-electron chi connectivity index (χ4n) is 2.23. The summed E-state index contributed by atoms with van der Waals surface area (Å²) in [7, 11) is 0. The molecule has 0 saturated carbocycles. The topological polar surface area (TPSA) is 51.0 Å². The highest BCUT2D eigenvalue weighted by molar-refractivity contribution is 5.46. The van der Waals surface area contributed by atoms with E-state index < -0.39 is 0 Å². The summed E-state index contributed by atoms with van der Waals surface area (Å²) < 4.78 is 5.40. The molecule has 0 spiro atoms. The summed E-state index contributed by atoms with van der Waals surface area (Å²) >= 11 is 0. The Morgan fingerprint density at radius 2 is 1.81 bits per heavy atom. The summed E-state index contributed by atoms with van der Waals surface area (Å²) in [5.74, 6) is 0. The number of benzene rings is 1. The summed E-state index contributed by atoms with van der Waals surface area (Å²) in [6.07, 6.45) is 3.99. The van der Waals surface area contributed by atoms with E-state index in [1.807, 2.05) is 24.5 Å². The average molecular weight is 214 g/mol. The zero-order valence-corrected chi connectivity index (χ0v) is 8.94. The maximum absolute atomic E-state index is 5.71. The van der Waals surface area contributed by atoms with Gasteiger partial charge < -0.3 is 15.5 Å². The lowest BCUT2D eigenvalue weighted by Crippen LogP contribution is -2.47. The van der Waals surface area contributed by atoms with E-state index in [2.05, 4.69) is 23.2 Å². The Balaban J connectivity index is 2.05. The average Bonchev–Trinajstić information content (AvgIpc) is 2.73. The molecule has 1 aromatic heterocycles. The van der Waals surface area contributed by atoms with Crippen molar-refractivity contribution in [2.75, 3.05) is 18.9 Å². The quantitative estimate of drug-likeness (QED) is 0.750. The lowest BCUT2D eigenvalue weighted by atomic mass is 9.74. The summed E-state index contributed by atoms with van der Waals surface area (Å²) in [6, 6.07) is 10.2. The van der Waals surface area contributed by atoms with Gasteiger partial charge in [0.05, 0.1) is 18.6 Å². The molecule has 0 aliphatic carbocycles. The van der Waals surface area contributed by atoms with Gasteiger partial charge >= 0.3 is 0 Å². The third kappa shape index (κ3) is 1.25. The van der Waals surface area contributed by atoms with Crippen molar-refractivity contribution in [1.29, 1.82) is 0 Å². The molecule has 1 saturated heterocycles. The standard InChI is InChI=1S/C13H14N2O/c14-12-3-1-10(2-4-12)13(8-16-9-13)11-5-6-15-7-11/h1-7,15H,8-9,14H2. The molecule has 0 radical (unpaired) electrons. The molecule has 1 fully saturated rings. The van der Waals surface area contributed by atoms with Crippen LogP contribution in [0.1, 0.15) is 11.1 Å². The number of nitrogen functional groups attached to an aromatic ring is 1. The molecule has 2 heterocycles. The lowest BCUT2D eigenvalue weighted by Gasteiger charge is -2.41. The fraction of sp³-hybridized carbons (Fsp3) is 0.231. The minimum atomic E-state index is 0.0215. The minimum Gasteiger partial charge on any atom is -0.399 e. The van der Waals surface area contributed by atoms with E-state index in [4.69, 9.17) is 10.5 Å². The number of hydrogen-bond donors (Lipinski definition) is 2. The van der Waals surface area contributed by atoms with Crippen molar-refractivity contribution in [2.24, 2.45) is 0 Å². The third-order valence-electron chi connectivity index (χ3n) is 3.31. The summed E-state index contributed by atoms with van der Waals surface area (Å²) in [5.41, 5.74) is 9.08. The minimum absolute atomic E-state index is 0.0215. The molecular weight excluding hydrogens is 200 g/mol. The number of rotatable bonds is 2. The number of anilines is 1. The van der Waals surface area contributed by atoms with Gasteiger partial charge in [0.15, 0.2) is 0 Å². The predicted octanol–water partition coefficient (Wildman–Crippen LogP) is 1.91. The SMILES string of the molecule is Nc1ccc(C2(c3cc[nH]c3)COC2)cc1. The molecule has 2 aromatic rings. The first kappa shape index (κ1) is 9.48. The van der Waals surface area contributed by atoms with E-state index in [0.29, 0.717) is 0 Å². The fourth-order valence-corrected chi connectivity index (χ4v) is 2.23. The van der Waals surface area contributed by atoms with E-state index >= 15 is 0 Å². The first-order chi connectivity index (χ1) is 7.81. The number of nitrogens with two attached hydrogens (primary N) is 1. The normalized spacial score (nSPS) is 18.0. The zero-order valence-electron chi connectivity index (χ0n) is 8.94. The molecule has 3 heteroatoms. The Kier molecular flexibility index (Phi) is 2.01. The van der Waals surface area contributed by atoms with Gasteiger partial charge in [-0.1, -0.05) is 12.1 Å². The van der Waals surface area contributed by atoms with Crippen LogP contribution in [-0.4, -0.2) is 18.2 Å². The van der Waals surface area contributed by atoms with Crippen molar-refractivity contribution in [2.45, 2.75) is 5.41 Å². The molecule has 1 aromatic carbocycles. The zero-order chi connectivity index (χ0) is 11.0. The molecule has 82 valence electrons. The second kappa shape index (κ2) is 3.39. The molecule has 16 heavy (non-hydrogen) atoms. The summed E-state index contributed by atoms with van der Waals surface area (Å²) in [4.78, 5) is 3.10. The highest BCUT2D eigenvalue weighted by Gasteiger charge is 2.42. The largest absolute Gasteiger partial charge is 0.399 e. The second-order valence-corrected chi connectivity index (χ2v) is 4.30. The Labute approximate surface area is 94.2 Å². The molecule has 0 amide bonds. The molecular formula is C13H14N2O. The van der Waals surface area contributed by atoms with Gasteiger partial charge in [0.25, 0.3) is 0 Å².